The van der Waals surface area contributed by atoms with Crippen molar-refractivity contribution in [2.45, 2.75) is 25.1 Å². The normalized spacial score (nSPS) is 14.5. The highest BCUT2D eigenvalue weighted by Gasteiger charge is 2.28. The van der Waals surface area contributed by atoms with Crippen LogP contribution in [0.4, 0.5) is 13.2 Å². The van der Waals surface area contributed by atoms with E-state index in [-0.39, 0.29) is 12.1 Å². The molecule has 0 aliphatic heterocycles. The molecule has 7 heteroatoms. The first-order valence-electron chi connectivity index (χ1n) is 3.51. The van der Waals surface area contributed by atoms with E-state index in [9.17, 15) is 18.3 Å². The second-order valence-electron chi connectivity index (χ2n) is 2.50. The monoisotopic (exact) mass is 212 g/mol. The van der Waals surface area contributed by atoms with Gasteiger partial charge in [-0.25, -0.2) is 0 Å². The number of halogens is 3. The quantitative estimate of drug-likeness (QED) is 0.832. The number of rotatable bonds is 3. The van der Waals surface area contributed by atoms with E-state index in [0.29, 0.717) is 0 Å². The Morgan fingerprint density at radius 1 is 1.54 bits per heavy atom. The lowest BCUT2D eigenvalue weighted by atomic mass is 10.1. The van der Waals surface area contributed by atoms with Gasteiger partial charge in [-0.2, -0.15) is 21.9 Å². The zero-order valence-corrected chi connectivity index (χ0v) is 7.27. The van der Waals surface area contributed by atoms with Gasteiger partial charge < -0.3 is 5.11 Å². The van der Waals surface area contributed by atoms with Crippen LogP contribution in [0.25, 0.3) is 0 Å². The number of alkyl halides is 3. The van der Waals surface area contributed by atoms with Crippen molar-refractivity contribution in [2.24, 2.45) is 0 Å². The Morgan fingerprint density at radius 2 is 2.23 bits per heavy atom. The summed E-state index contributed by atoms with van der Waals surface area (Å²) in [5, 5.41) is 9.18. The standard InChI is InChI=1S/C6H7F3N2OS/c7-6(8,9)2-1-5(12)4-3-10-13-11-4/h3,5,12H,1-2H2. The molecule has 1 rings (SSSR count). The molecule has 0 fully saturated rings. The van der Waals surface area contributed by atoms with Gasteiger partial charge in [-0.15, -0.1) is 0 Å². The van der Waals surface area contributed by atoms with Gasteiger partial charge >= 0.3 is 6.18 Å². The van der Waals surface area contributed by atoms with Crippen molar-refractivity contribution in [3.8, 4) is 0 Å². The number of aliphatic hydroxyl groups excluding tert-OH is 1. The minimum atomic E-state index is -4.23. The zero-order valence-electron chi connectivity index (χ0n) is 6.45. The third-order valence-corrected chi connectivity index (χ3v) is 1.91. The van der Waals surface area contributed by atoms with Gasteiger partial charge in [0.1, 0.15) is 5.69 Å². The van der Waals surface area contributed by atoms with Crippen LogP contribution in [0.3, 0.4) is 0 Å². The van der Waals surface area contributed by atoms with Gasteiger partial charge in [0.15, 0.2) is 0 Å². The molecule has 1 heterocycles. The van der Waals surface area contributed by atoms with E-state index < -0.39 is 18.7 Å². The molecule has 0 aliphatic carbocycles. The van der Waals surface area contributed by atoms with Gasteiger partial charge in [0.25, 0.3) is 0 Å². The van der Waals surface area contributed by atoms with Crippen LogP contribution in [0, 0.1) is 0 Å². The molecule has 0 bridgehead atoms. The van der Waals surface area contributed by atoms with Crippen molar-refractivity contribution >= 4 is 11.7 Å². The van der Waals surface area contributed by atoms with Crippen molar-refractivity contribution in [3.63, 3.8) is 0 Å². The highest BCUT2D eigenvalue weighted by Crippen LogP contribution is 2.26. The van der Waals surface area contributed by atoms with E-state index in [1.54, 1.807) is 0 Å². The summed E-state index contributed by atoms with van der Waals surface area (Å²) in [6, 6.07) is 0. The number of hydrogen-bond acceptors (Lipinski definition) is 4. The van der Waals surface area contributed by atoms with Crippen LogP contribution in [0.1, 0.15) is 24.6 Å². The summed E-state index contributed by atoms with van der Waals surface area (Å²) < 4.78 is 42.3. The molecule has 1 aromatic heterocycles. The van der Waals surface area contributed by atoms with E-state index in [2.05, 4.69) is 8.75 Å². The van der Waals surface area contributed by atoms with E-state index >= 15 is 0 Å². The maximum Gasteiger partial charge on any atom is 0.389 e. The Kier molecular flexibility index (Phi) is 3.21. The van der Waals surface area contributed by atoms with Crippen LogP contribution in [-0.2, 0) is 0 Å². The van der Waals surface area contributed by atoms with E-state index in [4.69, 9.17) is 0 Å². The highest BCUT2D eigenvalue weighted by molar-refractivity contribution is 6.99. The Balaban J connectivity index is 2.39. The summed E-state index contributed by atoms with van der Waals surface area (Å²) in [5.41, 5.74) is 0.203. The number of aliphatic hydroxyl groups is 1. The summed E-state index contributed by atoms with van der Waals surface area (Å²) in [5.74, 6) is 0. The van der Waals surface area contributed by atoms with Crippen molar-refractivity contribution < 1.29 is 18.3 Å². The summed E-state index contributed by atoms with van der Waals surface area (Å²) in [6.45, 7) is 0. The molecule has 1 aromatic rings. The summed E-state index contributed by atoms with van der Waals surface area (Å²) in [4.78, 5) is 0. The minimum absolute atomic E-state index is 0.203. The molecule has 0 saturated carbocycles. The molecule has 13 heavy (non-hydrogen) atoms. The average Bonchev–Trinajstić information content (AvgIpc) is 2.50. The Hall–Kier alpha value is -0.690. The first kappa shape index (κ1) is 10.4. The van der Waals surface area contributed by atoms with Gasteiger partial charge in [0, 0.05) is 6.42 Å². The van der Waals surface area contributed by atoms with Gasteiger partial charge in [-0.05, 0) is 6.42 Å². The molecule has 0 radical (unpaired) electrons. The van der Waals surface area contributed by atoms with Crippen molar-refractivity contribution in [1.29, 1.82) is 0 Å². The van der Waals surface area contributed by atoms with Crippen LogP contribution in [0.2, 0.25) is 0 Å². The lowest BCUT2D eigenvalue weighted by Gasteiger charge is -2.09. The van der Waals surface area contributed by atoms with Gasteiger partial charge in [0.05, 0.1) is 24.0 Å². The number of nitrogens with zero attached hydrogens (tertiary/aromatic N) is 2. The fourth-order valence-corrected chi connectivity index (χ4v) is 1.23. The van der Waals surface area contributed by atoms with E-state index in [0.717, 1.165) is 11.7 Å². The molecule has 0 aliphatic rings. The van der Waals surface area contributed by atoms with Crippen molar-refractivity contribution in [3.05, 3.63) is 11.9 Å². The maximum atomic E-state index is 11.7. The zero-order chi connectivity index (χ0) is 9.90. The van der Waals surface area contributed by atoms with Crippen LogP contribution < -0.4 is 0 Å². The third-order valence-electron chi connectivity index (χ3n) is 1.42. The predicted molar refractivity (Wildman–Crippen MR) is 40.2 cm³/mol. The summed E-state index contributed by atoms with van der Waals surface area (Å²) in [6.07, 6.45) is -5.50. The van der Waals surface area contributed by atoms with Crippen LogP contribution >= 0.6 is 11.7 Å². The predicted octanol–water partition coefficient (Wildman–Crippen LogP) is 1.91. The fraction of sp³-hybridized carbons (Fsp3) is 0.667. The Morgan fingerprint density at radius 3 is 2.69 bits per heavy atom. The molecule has 0 aromatic carbocycles. The topological polar surface area (TPSA) is 46.0 Å². The molecular formula is C6H7F3N2OS. The van der Waals surface area contributed by atoms with E-state index in [1.807, 2.05) is 0 Å². The van der Waals surface area contributed by atoms with Gasteiger partial charge in [-0.3, -0.25) is 0 Å². The maximum absolute atomic E-state index is 11.7. The van der Waals surface area contributed by atoms with Crippen LogP contribution in [0.15, 0.2) is 6.20 Å². The van der Waals surface area contributed by atoms with Crippen LogP contribution in [-0.4, -0.2) is 20.0 Å². The second kappa shape index (κ2) is 4.01. The SMILES string of the molecule is OC(CCC(F)(F)F)c1cnsn1. The van der Waals surface area contributed by atoms with Gasteiger partial charge in [-0.1, -0.05) is 0 Å². The molecular weight excluding hydrogens is 205 g/mol. The highest BCUT2D eigenvalue weighted by atomic mass is 32.1. The molecule has 1 atom stereocenters. The molecule has 1 N–H and O–H groups in total. The first-order chi connectivity index (χ1) is 5.99. The largest absolute Gasteiger partial charge is 0.389 e. The molecule has 74 valence electrons. The molecule has 0 amide bonds. The van der Waals surface area contributed by atoms with Crippen LogP contribution in [0.5, 0.6) is 0 Å². The molecule has 3 nitrogen and oxygen atoms in total. The smallest absolute Gasteiger partial charge is 0.387 e. The number of aromatic nitrogens is 2. The van der Waals surface area contributed by atoms with Crippen molar-refractivity contribution in [1.82, 2.24) is 8.75 Å². The first-order valence-corrected chi connectivity index (χ1v) is 4.24. The molecule has 0 saturated heterocycles. The van der Waals surface area contributed by atoms with E-state index in [1.165, 1.54) is 6.20 Å². The lowest BCUT2D eigenvalue weighted by Crippen LogP contribution is -2.10. The molecule has 0 spiro atoms. The Bertz CT molecular complexity index is 249. The minimum Gasteiger partial charge on any atom is -0.387 e. The Labute approximate surface area is 76.5 Å². The lowest BCUT2D eigenvalue weighted by molar-refractivity contribution is -0.140. The third kappa shape index (κ3) is 3.69. The van der Waals surface area contributed by atoms with Gasteiger partial charge in [0.2, 0.25) is 0 Å². The summed E-state index contributed by atoms with van der Waals surface area (Å²) >= 11 is 0.860. The molecule has 1 unspecified atom stereocenters. The number of hydrogen-bond donors (Lipinski definition) is 1. The summed E-state index contributed by atoms with van der Waals surface area (Å²) in [7, 11) is 0. The average molecular weight is 212 g/mol. The fourth-order valence-electron chi connectivity index (χ4n) is 0.767. The second-order valence-corrected chi connectivity index (χ2v) is 3.06. The van der Waals surface area contributed by atoms with Crippen molar-refractivity contribution in [2.75, 3.05) is 0 Å².